The summed E-state index contributed by atoms with van der Waals surface area (Å²) in [6.07, 6.45) is 0.930. The van der Waals surface area contributed by atoms with Crippen LogP contribution in [0, 0.1) is 0 Å². The molecule has 1 aromatic rings. The van der Waals surface area contributed by atoms with Crippen LogP contribution in [0.2, 0.25) is 0 Å². The molecule has 1 saturated heterocycles. The second kappa shape index (κ2) is 3.89. The highest BCUT2D eigenvalue weighted by molar-refractivity contribution is 5.89. The molecule has 4 heteroatoms. The number of benzene rings is 1. The number of fused-ring (bicyclic) bond motifs is 1. The average molecular weight is 231 g/mol. The number of rotatable bonds is 1. The van der Waals surface area contributed by atoms with Gasteiger partial charge < -0.3 is 9.47 Å². The Hall–Kier alpha value is -1.81. The van der Waals surface area contributed by atoms with Gasteiger partial charge in [-0.05, 0) is 12.5 Å². The van der Waals surface area contributed by atoms with Crippen molar-refractivity contribution in [2.45, 2.75) is 19.4 Å². The molecule has 0 N–H and O–H groups in total. The minimum absolute atomic E-state index is 0.0508. The zero-order valence-electron chi connectivity index (χ0n) is 9.50. The molecule has 2 aliphatic heterocycles. The number of hydrogen-bond donors (Lipinski definition) is 0. The number of hydrogen-bond acceptors (Lipinski definition) is 3. The molecule has 0 saturated carbocycles. The van der Waals surface area contributed by atoms with Gasteiger partial charge >= 0.3 is 0 Å². The first-order valence-corrected chi connectivity index (χ1v) is 5.59. The van der Waals surface area contributed by atoms with Crippen molar-refractivity contribution < 1.29 is 14.3 Å². The van der Waals surface area contributed by atoms with E-state index in [0.29, 0.717) is 12.4 Å². The summed E-state index contributed by atoms with van der Waals surface area (Å²) in [5, 5.41) is 0. The largest absolute Gasteiger partial charge is 0.451 e. The maximum Gasteiger partial charge on any atom is 0.286 e. The highest BCUT2D eigenvalue weighted by Gasteiger charge is 2.41. The fraction of sp³-hybridized carbons (Fsp3) is 0.308. The van der Waals surface area contributed by atoms with Crippen LogP contribution in [0.4, 0.5) is 0 Å². The van der Waals surface area contributed by atoms with E-state index in [4.69, 9.17) is 9.47 Å². The number of nitrogens with zero attached hydrogens (tertiary/aromatic N) is 1. The molecule has 1 amide bonds. The van der Waals surface area contributed by atoms with E-state index >= 15 is 0 Å². The molecule has 1 aromatic carbocycles. The van der Waals surface area contributed by atoms with Crippen LogP contribution >= 0.6 is 0 Å². The molecule has 2 heterocycles. The lowest BCUT2D eigenvalue weighted by Gasteiger charge is -2.30. The smallest absolute Gasteiger partial charge is 0.286 e. The predicted octanol–water partition coefficient (Wildman–Crippen LogP) is 1.80. The minimum atomic E-state index is -0.572. The monoisotopic (exact) mass is 231 g/mol. The number of carbonyl (C=O) groups is 1. The summed E-state index contributed by atoms with van der Waals surface area (Å²) in [6.45, 7) is 2.23. The van der Waals surface area contributed by atoms with E-state index < -0.39 is 6.41 Å². The lowest BCUT2D eigenvalue weighted by atomic mass is 10.1. The van der Waals surface area contributed by atoms with Gasteiger partial charge in [0.1, 0.15) is 5.76 Å². The first kappa shape index (κ1) is 10.4. The van der Waals surface area contributed by atoms with Crippen molar-refractivity contribution in [3.8, 4) is 0 Å². The third-order valence-corrected chi connectivity index (χ3v) is 3.01. The highest BCUT2D eigenvalue weighted by atomic mass is 16.7. The fourth-order valence-electron chi connectivity index (χ4n) is 2.20. The fourth-order valence-corrected chi connectivity index (χ4v) is 2.20. The van der Waals surface area contributed by atoms with E-state index in [1.165, 1.54) is 6.08 Å². The molecule has 3 rings (SSSR count). The number of ether oxygens (including phenoxy) is 2. The molecule has 2 aliphatic rings. The summed E-state index contributed by atoms with van der Waals surface area (Å²) >= 11 is 0. The Morgan fingerprint density at radius 1 is 1.29 bits per heavy atom. The number of carbonyl (C=O) groups excluding carboxylic acids is 1. The summed E-state index contributed by atoms with van der Waals surface area (Å²) in [5.41, 5.74) is 1.07. The van der Waals surface area contributed by atoms with Crippen molar-refractivity contribution in [3.05, 3.63) is 47.7 Å². The van der Waals surface area contributed by atoms with Gasteiger partial charge in [0.05, 0.1) is 12.6 Å². The Bertz CT molecular complexity index is 469. The first-order valence-electron chi connectivity index (χ1n) is 5.59. The van der Waals surface area contributed by atoms with Crippen LogP contribution < -0.4 is 0 Å². The standard InChI is InChI=1S/C13H13NO3/c1-9-7-12(15)14-11(8-16-13(14)17-9)10-5-3-2-4-6-10/h2-7,11,13H,8H2,1H3/t11-,13?/m1/s1. The summed E-state index contributed by atoms with van der Waals surface area (Å²) < 4.78 is 11.0. The highest BCUT2D eigenvalue weighted by Crippen LogP contribution is 2.34. The maximum atomic E-state index is 12.0. The normalized spacial score (nSPS) is 27.5. The van der Waals surface area contributed by atoms with Crippen molar-refractivity contribution in [2.24, 2.45) is 0 Å². The zero-order valence-corrected chi connectivity index (χ0v) is 9.50. The van der Waals surface area contributed by atoms with Gasteiger partial charge in [-0.3, -0.25) is 9.69 Å². The van der Waals surface area contributed by atoms with Gasteiger partial charge in [0, 0.05) is 6.08 Å². The summed E-state index contributed by atoms with van der Waals surface area (Å²) in [6, 6.07) is 9.80. The zero-order chi connectivity index (χ0) is 11.8. The SMILES string of the molecule is CC1=CC(=O)N2C(OC[C@@H]2c2ccccc2)O1. The summed E-state index contributed by atoms with van der Waals surface area (Å²) in [7, 11) is 0. The van der Waals surface area contributed by atoms with Gasteiger partial charge in [-0.25, -0.2) is 0 Å². The van der Waals surface area contributed by atoms with Crippen molar-refractivity contribution in [3.63, 3.8) is 0 Å². The second-order valence-electron chi connectivity index (χ2n) is 4.19. The third kappa shape index (κ3) is 1.70. The molecule has 4 nitrogen and oxygen atoms in total. The maximum absolute atomic E-state index is 12.0. The van der Waals surface area contributed by atoms with Gasteiger partial charge in [0.15, 0.2) is 0 Å². The average Bonchev–Trinajstić information content (AvgIpc) is 2.74. The Labute approximate surface area is 99.4 Å². The summed E-state index contributed by atoms with van der Waals surface area (Å²) in [4.78, 5) is 13.6. The van der Waals surface area contributed by atoms with Crippen molar-refractivity contribution >= 4 is 5.91 Å². The van der Waals surface area contributed by atoms with Gasteiger partial charge in [0.25, 0.3) is 12.3 Å². The third-order valence-electron chi connectivity index (χ3n) is 3.01. The molecule has 1 fully saturated rings. The quantitative estimate of drug-likeness (QED) is 0.739. The van der Waals surface area contributed by atoms with Gasteiger partial charge in [-0.1, -0.05) is 30.3 Å². The molecule has 0 bridgehead atoms. The Balaban J connectivity index is 1.93. The molecular weight excluding hydrogens is 218 g/mol. The molecule has 2 atom stereocenters. The second-order valence-corrected chi connectivity index (χ2v) is 4.19. The molecule has 17 heavy (non-hydrogen) atoms. The molecular formula is C13H13NO3. The van der Waals surface area contributed by atoms with Crippen LogP contribution in [0.15, 0.2) is 42.2 Å². The van der Waals surface area contributed by atoms with Crippen LogP contribution in [0.1, 0.15) is 18.5 Å². The Morgan fingerprint density at radius 3 is 2.82 bits per heavy atom. The molecule has 0 aromatic heterocycles. The van der Waals surface area contributed by atoms with E-state index in [2.05, 4.69) is 0 Å². The topological polar surface area (TPSA) is 38.8 Å². The summed E-state index contributed by atoms with van der Waals surface area (Å²) in [5.74, 6) is 0.551. The lowest BCUT2D eigenvalue weighted by molar-refractivity contribution is -0.175. The first-order chi connectivity index (χ1) is 8.25. The number of amides is 1. The van der Waals surface area contributed by atoms with Crippen molar-refractivity contribution in [1.82, 2.24) is 4.90 Å². The Kier molecular flexibility index (Phi) is 2.37. The Morgan fingerprint density at radius 2 is 2.06 bits per heavy atom. The lowest BCUT2D eigenvalue weighted by Crippen LogP contribution is -2.41. The van der Waals surface area contributed by atoms with Crippen LogP contribution in [-0.4, -0.2) is 23.8 Å². The minimum Gasteiger partial charge on any atom is -0.451 e. The molecule has 0 aliphatic carbocycles. The van der Waals surface area contributed by atoms with Gasteiger partial charge in [0.2, 0.25) is 0 Å². The van der Waals surface area contributed by atoms with E-state index in [0.717, 1.165) is 5.56 Å². The molecule has 0 radical (unpaired) electrons. The van der Waals surface area contributed by atoms with Crippen LogP contribution in [0.3, 0.4) is 0 Å². The molecule has 0 spiro atoms. The van der Waals surface area contributed by atoms with E-state index in [-0.39, 0.29) is 11.9 Å². The van der Waals surface area contributed by atoms with E-state index in [9.17, 15) is 4.79 Å². The van der Waals surface area contributed by atoms with E-state index in [1.807, 2.05) is 30.3 Å². The van der Waals surface area contributed by atoms with Gasteiger partial charge in [-0.2, -0.15) is 0 Å². The molecule has 1 unspecified atom stereocenters. The van der Waals surface area contributed by atoms with Crippen LogP contribution in [0.25, 0.3) is 0 Å². The van der Waals surface area contributed by atoms with Crippen LogP contribution in [0.5, 0.6) is 0 Å². The predicted molar refractivity (Wildman–Crippen MR) is 60.6 cm³/mol. The molecule has 88 valence electrons. The van der Waals surface area contributed by atoms with Crippen molar-refractivity contribution in [2.75, 3.05) is 6.61 Å². The van der Waals surface area contributed by atoms with Crippen molar-refractivity contribution in [1.29, 1.82) is 0 Å². The van der Waals surface area contributed by atoms with Gasteiger partial charge in [-0.15, -0.1) is 0 Å². The number of allylic oxidation sites excluding steroid dienone is 1. The van der Waals surface area contributed by atoms with E-state index in [1.54, 1.807) is 11.8 Å². The van der Waals surface area contributed by atoms with Crippen LogP contribution in [-0.2, 0) is 14.3 Å².